The molecular formula is C11H16. The van der Waals surface area contributed by atoms with Gasteiger partial charge in [-0.2, -0.15) is 0 Å². The number of hydrogen-bond donors (Lipinski definition) is 0. The van der Waals surface area contributed by atoms with Gasteiger partial charge in [-0.1, -0.05) is 44.4 Å². The molecule has 0 bridgehead atoms. The second kappa shape index (κ2) is 4.73. The first-order valence-corrected chi connectivity index (χ1v) is 3.79. The fourth-order valence-electron chi connectivity index (χ4n) is 0.652. The van der Waals surface area contributed by atoms with E-state index in [1.165, 1.54) is 5.57 Å². The molecule has 0 aliphatic rings. The molecule has 0 nitrogen and oxygen atoms in total. The largest absolute Gasteiger partial charge is 0.0988 e. The molecule has 0 saturated heterocycles. The van der Waals surface area contributed by atoms with E-state index in [1.54, 1.807) is 0 Å². The highest BCUT2D eigenvalue weighted by atomic mass is 14.0. The molecule has 0 heteroatoms. The average molecular weight is 148 g/mol. The lowest BCUT2D eigenvalue weighted by Crippen LogP contribution is -1.79. The van der Waals surface area contributed by atoms with Crippen molar-refractivity contribution in [2.75, 3.05) is 0 Å². The van der Waals surface area contributed by atoms with Crippen molar-refractivity contribution in [3.8, 4) is 0 Å². The van der Waals surface area contributed by atoms with Crippen molar-refractivity contribution >= 4 is 0 Å². The van der Waals surface area contributed by atoms with E-state index in [-0.39, 0.29) is 0 Å². The molecule has 0 N–H and O–H groups in total. The molecule has 0 unspecified atom stereocenters. The molecule has 0 aromatic carbocycles. The minimum absolute atomic E-state index is 0.988. The van der Waals surface area contributed by atoms with Crippen LogP contribution in [0.1, 0.15) is 20.3 Å². The molecule has 0 amide bonds. The lowest BCUT2D eigenvalue weighted by molar-refractivity contribution is 1.15. The molecule has 0 fully saturated rings. The Balaban J connectivity index is 4.39. The van der Waals surface area contributed by atoms with Gasteiger partial charge in [-0.05, 0) is 24.5 Å². The molecule has 0 spiro atoms. The molecule has 11 heavy (non-hydrogen) atoms. The smallest absolute Gasteiger partial charge is 0.0303 e. The molecule has 0 heterocycles. The summed E-state index contributed by atoms with van der Waals surface area (Å²) in [6, 6.07) is 0. The van der Waals surface area contributed by atoms with Crippen molar-refractivity contribution in [3.05, 3.63) is 48.6 Å². The summed E-state index contributed by atoms with van der Waals surface area (Å²) in [7, 11) is 0. The molecule has 0 atom stereocenters. The minimum Gasteiger partial charge on any atom is -0.0988 e. The fraction of sp³-hybridized carbons (Fsp3) is 0.273. The Morgan fingerprint density at radius 3 is 2.18 bits per heavy atom. The predicted molar refractivity (Wildman–Crippen MR) is 52.5 cm³/mol. The van der Waals surface area contributed by atoms with Crippen LogP contribution in [0.15, 0.2) is 48.6 Å². The van der Waals surface area contributed by atoms with E-state index < -0.39 is 0 Å². The van der Waals surface area contributed by atoms with Crippen LogP contribution in [0.5, 0.6) is 0 Å². The van der Waals surface area contributed by atoms with E-state index >= 15 is 0 Å². The molecule has 0 saturated carbocycles. The van der Waals surface area contributed by atoms with Gasteiger partial charge in [0.05, 0.1) is 0 Å². The molecule has 0 aliphatic carbocycles. The van der Waals surface area contributed by atoms with Crippen molar-refractivity contribution in [2.45, 2.75) is 20.3 Å². The van der Waals surface area contributed by atoms with Crippen LogP contribution in [-0.4, -0.2) is 0 Å². The fourth-order valence-corrected chi connectivity index (χ4v) is 0.652. The lowest BCUT2D eigenvalue weighted by atomic mass is 10.1. The van der Waals surface area contributed by atoms with Crippen molar-refractivity contribution in [3.63, 3.8) is 0 Å². The van der Waals surface area contributed by atoms with E-state index in [1.807, 2.05) is 19.1 Å². The standard InChI is InChI=1S/C11H16/c1-6-11(7-2)8-10(5)9(3)4/h6,8H,1,3,5,7H2,2,4H3/b11-8+. The zero-order valence-corrected chi connectivity index (χ0v) is 7.48. The van der Waals surface area contributed by atoms with Gasteiger partial charge in [0.2, 0.25) is 0 Å². The first kappa shape index (κ1) is 9.96. The summed E-state index contributed by atoms with van der Waals surface area (Å²) in [5.74, 6) is 0. The highest BCUT2D eigenvalue weighted by molar-refractivity contribution is 5.38. The van der Waals surface area contributed by atoms with Crippen LogP contribution in [0.4, 0.5) is 0 Å². The van der Waals surface area contributed by atoms with Crippen LogP contribution >= 0.6 is 0 Å². The summed E-state index contributed by atoms with van der Waals surface area (Å²) in [5.41, 5.74) is 3.21. The third-order valence-electron chi connectivity index (χ3n) is 1.58. The average Bonchev–Trinajstić information content (AvgIpc) is 1.99. The molecule has 0 aromatic rings. The zero-order valence-electron chi connectivity index (χ0n) is 7.48. The summed E-state index contributed by atoms with van der Waals surface area (Å²) in [6.07, 6.45) is 4.87. The normalized spacial score (nSPS) is 10.9. The third kappa shape index (κ3) is 3.61. The van der Waals surface area contributed by atoms with E-state index in [2.05, 4.69) is 26.7 Å². The SMILES string of the molecule is C=C/C(=C\C(=C)C(=C)C)CC. The number of rotatable bonds is 4. The second-order valence-electron chi connectivity index (χ2n) is 2.58. The Bertz CT molecular complexity index is 204. The maximum Gasteiger partial charge on any atom is -0.0303 e. The number of allylic oxidation sites excluding steroid dienone is 5. The topological polar surface area (TPSA) is 0 Å². The van der Waals surface area contributed by atoms with Gasteiger partial charge in [-0.15, -0.1) is 0 Å². The van der Waals surface area contributed by atoms with Gasteiger partial charge in [0.15, 0.2) is 0 Å². The van der Waals surface area contributed by atoms with E-state index in [9.17, 15) is 0 Å². The van der Waals surface area contributed by atoms with Gasteiger partial charge in [0, 0.05) is 0 Å². The van der Waals surface area contributed by atoms with Gasteiger partial charge in [0.25, 0.3) is 0 Å². The van der Waals surface area contributed by atoms with Crippen molar-refractivity contribution < 1.29 is 0 Å². The Kier molecular flexibility index (Phi) is 4.28. The molecule has 0 radical (unpaired) electrons. The van der Waals surface area contributed by atoms with Gasteiger partial charge in [-0.25, -0.2) is 0 Å². The molecule has 0 aromatic heterocycles. The lowest BCUT2D eigenvalue weighted by Gasteiger charge is -1.99. The Morgan fingerprint density at radius 2 is 1.91 bits per heavy atom. The third-order valence-corrected chi connectivity index (χ3v) is 1.58. The number of hydrogen-bond acceptors (Lipinski definition) is 0. The molecule has 60 valence electrons. The molecule has 0 aliphatic heterocycles. The monoisotopic (exact) mass is 148 g/mol. The van der Waals surface area contributed by atoms with Gasteiger partial charge in [-0.3, -0.25) is 0 Å². The highest BCUT2D eigenvalue weighted by Crippen LogP contribution is 2.11. The highest BCUT2D eigenvalue weighted by Gasteiger charge is 1.91. The Morgan fingerprint density at radius 1 is 1.36 bits per heavy atom. The van der Waals surface area contributed by atoms with E-state index in [0.717, 1.165) is 17.6 Å². The van der Waals surface area contributed by atoms with Crippen LogP contribution in [0, 0.1) is 0 Å². The van der Waals surface area contributed by atoms with Crippen LogP contribution in [0.3, 0.4) is 0 Å². The van der Waals surface area contributed by atoms with Crippen LogP contribution in [-0.2, 0) is 0 Å². The zero-order chi connectivity index (χ0) is 8.85. The summed E-state index contributed by atoms with van der Waals surface area (Å²) >= 11 is 0. The summed E-state index contributed by atoms with van der Waals surface area (Å²) in [6.45, 7) is 15.4. The Hall–Kier alpha value is -1.04. The Labute approximate surface area is 69.6 Å². The van der Waals surface area contributed by atoms with E-state index in [0.29, 0.717) is 0 Å². The second-order valence-corrected chi connectivity index (χ2v) is 2.58. The minimum atomic E-state index is 0.988. The van der Waals surface area contributed by atoms with E-state index in [4.69, 9.17) is 0 Å². The summed E-state index contributed by atoms with van der Waals surface area (Å²) in [4.78, 5) is 0. The summed E-state index contributed by atoms with van der Waals surface area (Å²) < 4.78 is 0. The van der Waals surface area contributed by atoms with Gasteiger partial charge >= 0.3 is 0 Å². The maximum atomic E-state index is 3.87. The van der Waals surface area contributed by atoms with Gasteiger partial charge < -0.3 is 0 Å². The van der Waals surface area contributed by atoms with Crippen molar-refractivity contribution in [2.24, 2.45) is 0 Å². The first-order valence-electron chi connectivity index (χ1n) is 3.79. The quantitative estimate of drug-likeness (QED) is 0.534. The predicted octanol–water partition coefficient (Wildman–Crippen LogP) is 3.64. The van der Waals surface area contributed by atoms with Crippen molar-refractivity contribution in [1.82, 2.24) is 0 Å². The summed E-state index contributed by atoms with van der Waals surface area (Å²) in [5, 5.41) is 0. The molecule has 0 rings (SSSR count). The maximum absolute atomic E-state index is 3.87. The first-order chi connectivity index (χ1) is 5.11. The van der Waals surface area contributed by atoms with Crippen LogP contribution in [0.25, 0.3) is 0 Å². The van der Waals surface area contributed by atoms with Crippen LogP contribution in [0.2, 0.25) is 0 Å². The molecular weight excluding hydrogens is 132 g/mol. The van der Waals surface area contributed by atoms with Gasteiger partial charge in [0.1, 0.15) is 0 Å². The van der Waals surface area contributed by atoms with Crippen LogP contribution < -0.4 is 0 Å². The van der Waals surface area contributed by atoms with Crippen molar-refractivity contribution in [1.29, 1.82) is 0 Å².